The highest BCUT2D eigenvalue weighted by Gasteiger charge is 2.16. The molecule has 0 radical (unpaired) electrons. The van der Waals surface area contributed by atoms with Crippen molar-refractivity contribution in [3.05, 3.63) is 47.3 Å². The van der Waals surface area contributed by atoms with Crippen LogP contribution < -0.4 is 9.64 Å². The summed E-state index contributed by atoms with van der Waals surface area (Å²) < 4.78 is 9.87. The van der Waals surface area contributed by atoms with Crippen LogP contribution in [0.5, 0.6) is 5.88 Å². The molecule has 0 aliphatic carbocycles. The summed E-state index contributed by atoms with van der Waals surface area (Å²) >= 11 is 0. The molecule has 0 N–H and O–H groups in total. The van der Waals surface area contributed by atoms with Crippen LogP contribution in [-0.4, -0.2) is 37.2 Å². The Labute approximate surface area is 129 Å². The Kier molecular flexibility index (Phi) is 4.93. The Morgan fingerprint density at radius 3 is 2.59 bits per heavy atom. The van der Waals surface area contributed by atoms with E-state index in [1.807, 2.05) is 37.2 Å². The molecule has 0 saturated heterocycles. The number of carbonyl (C=O) groups excluding carboxylic acids is 1. The van der Waals surface area contributed by atoms with E-state index >= 15 is 0 Å². The normalized spacial score (nSPS) is 10.2. The fraction of sp³-hybridized carbons (Fsp3) is 0.312. The van der Waals surface area contributed by atoms with Crippen LogP contribution in [-0.2, 0) is 11.3 Å². The van der Waals surface area contributed by atoms with Crippen molar-refractivity contribution < 1.29 is 14.3 Å². The first-order valence-corrected chi connectivity index (χ1v) is 6.81. The van der Waals surface area contributed by atoms with Crippen LogP contribution >= 0.6 is 0 Å². The quantitative estimate of drug-likeness (QED) is 0.789. The van der Waals surface area contributed by atoms with Gasteiger partial charge in [-0.25, -0.2) is 4.79 Å². The Morgan fingerprint density at radius 1 is 1.23 bits per heavy atom. The van der Waals surface area contributed by atoms with E-state index in [0.29, 0.717) is 17.9 Å². The molecule has 0 fully saturated rings. The number of pyridine rings is 2. The molecule has 0 aliphatic heterocycles. The Morgan fingerprint density at radius 2 is 2.00 bits per heavy atom. The molecule has 22 heavy (non-hydrogen) atoms. The van der Waals surface area contributed by atoms with Gasteiger partial charge in [-0.15, -0.1) is 0 Å². The van der Waals surface area contributed by atoms with Crippen molar-refractivity contribution >= 4 is 11.8 Å². The van der Waals surface area contributed by atoms with Crippen molar-refractivity contribution in [2.75, 3.05) is 26.2 Å². The molecule has 2 aromatic rings. The lowest BCUT2D eigenvalue weighted by molar-refractivity contribution is 0.0596. The van der Waals surface area contributed by atoms with Crippen LogP contribution in [0.25, 0.3) is 0 Å². The van der Waals surface area contributed by atoms with Gasteiger partial charge in [0.25, 0.3) is 0 Å². The summed E-state index contributed by atoms with van der Waals surface area (Å²) in [7, 11) is 4.70. The highest BCUT2D eigenvalue weighted by atomic mass is 16.5. The number of esters is 1. The average molecular weight is 301 g/mol. The predicted molar refractivity (Wildman–Crippen MR) is 83.2 cm³/mol. The van der Waals surface area contributed by atoms with Gasteiger partial charge in [-0.05, 0) is 30.7 Å². The smallest absolute Gasteiger partial charge is 0.343 e. The molecule has 6 heteroatoms. The van der Waals surface area contributed by atoms with Crippen LogP contribution in [0.4, 0.5) is 5.82 Å². The van der Waals surface area contributed by atoms with Crippen LogP contribution in [0.1, 0.15) is 21.6 Å². The molecule has 2 heterocycles. The van der Waals surface area contributed by atoms with Crippen molar-refractivity contribution in [3.8, 4) is 5.88 Å². The van der Waals surface area contributed by atoms with Crippen molar-refractivity contribution in [2.24, 2.45) is 0 Å². The summed E-state index contributed by atoms with van der Waals surface area (Å²) in [6.07, 6.45) is 1.83. The second-order valence-electron chi connectivity index (χ2n) is 4.90. The number of carbonyl (C=O) groups is 1. The number of ether oxygens (including phenoxy) is 2. The van der Waals surface area contributed by atoms with Crippen LogP contribution in [0.15, 0.2) is 30.5 Å². The lowest BCUT2D eigenvalue weighted by Gasteiger charge is -2.19. The third-order valence-corrected chi connectivity index (χ3v) is 3.21. The molecule has 2 aromatic heterocycles. The minimum atomic E-state index is -0.473. The summed E-state index contributed by atoms with van der Waals surface area (Å²) in [6, 6.07) is 7.39. The second kappa shape index (κ2) is 6.89. The standard InChI is InChI=1S/C16H19N3O3/c1-11-5-6-12(17-9-11)10-19(2)14-8-7-13(16(20)22-4)15(18-14)21-3/h5-9H,10H2,1-4H3. The number of aromatic nitrogens is 2. The van der Waals surface area contributed by atoms with Crippen LogP contribution in [0, 0.1) is 6.92 Å². The van der Waals surface area contributed by atoms with E-state index in [9.17, 15) is 4.79 Å². The van der Waals surface area contributed by atoms with Gasteiger partial charge in [0.05, 0.1) is 26.5 Å². The van der Waals surface area contributed by atoms with Gasteiger partial charge in [0.15, 0.2) is 0 Å². The monoisotopic (exact) mass is 301 g/mol. The SMILES string of the molecule is COC(=O)c1ccc(N(C)Cc2ccc(C)cn2)nc1OC. The number of methoxy groups -OCH3 is 2. The lowest BCUT2D eigenvalue weighted by atomic mass is 10.2. The van der Waals surface area contributed by atoms with Crippen molar-refractivity contribution in [1.82, 2.24) is 9.97 Å². The van der Waals surface area contributed by atoms with E-state index in [4.69, 9.17) is 9.47 Å². The number of hydrogen-bond acceptors (Lipinski definition) is 6. The van der Waals surface area contributed by atoms with Gasteiger partial charge in [-0.2, -0.15) is 4.98 Å². The van der Waals surface area contributed by atoms with E-state index in [1.54, 1.807) is 12.1 Å². The molecule has 0 atom stereocenters. The highest BCUT2D eigenvalue weighted by Crippen LogP contribution is 2.22. The first-order chi connectivity index (χ1) is 10.5. The van der Waals surface area contributed by atoms with E-state index in [-0.39, 0.29) is 5.88 Å². The van der Waals surface area contributed by atoms with Gasteiger partial charge < -0.3 is 14.4 Å². The molecule has 0 aliphatic rings. The maximum absolute atomic E-state index is 11.6. The fourth-order valence-electron chi connectivity index (χ4n) is 1.98. The lowest BCUT2D eigenvalue weighted by Crippen LogP contribution is -2.19. The van der Waals surface area contributed by atoms with Crippen molar-refractivity contribution in [3.63, 3.8) is 0 Å². The van der Waals surface area contributed by atoms with Gasteiger partial charge in [-0.3, -0.25) is 4.98 Å². The van der Waals surface area contributed by atoms with Crippen molar-refractivity contribution in [2.45, 2.75) is 13.5 Å². The summed E-state index contributed by atoms with van der Waals surface area (Å²) in [6.45, 7) is 2.60. The van der Waals surface area contributed by atoms with E-state index < -0.39 is 5.97 Å². The molecule has 0 saturated carbocycles. The predicted octanol–water partition coefficient (Wildman–Crippen LogP) is 2.22. The van der Waals surface area contributed by atoms with Gasteiger partial charge in [0.1, 0.15) is 11.4 Å². The summed E-state index contributed by atoms with van der Waals surface area (Å²) in [5.41, 5.74) is 2.36. The maximum atomic E-state index is 11.6. The molecular weight excluding hydrogens is 282 g/mol. The van der Waals surface area contributed by atoms with Gasteiger partial charge in [0.2, 0.25) is 5.88 Å². The summed E-state index contributed by atoms with van der Waals surface area (Å²) in [5.74, 6) is 0.457. The van der Waals surface area contributed by atoms with Crippen LogP contribution in [0.3, 0.4) is 0 Å². The minimum absolute atomic E-state index is 0.244. The zero-order valence-electron chi connectivity index (χ0n) is 13.2. The number of hydrogen-bond donors (Lipinski definition) is 0. The molecular formula is C16H19N3O3. The zero-order valence-corrected chi connectivity index (χ0v) is 13.2. The average Bonchev–Trinajstić information content (AvgIpc) is 2.55. The van der Waals surface area contributed by atoms with Gasteiger partial charge in [-0.1, -0.05) is 6.07 Å². The largest absolute Gasteiger partial charge is 0.480 e. The highest BCUT2D eigenvalue weighted by molar-refractivity contribution is 5.92. The van der Waals surface area contributed by atoms with Crippen molar-refractivity contribution in [1.29, 1.82) is 0 Å². The number of anilines is 1. The third-order valence-electron chi connectivity index (χ3n) is 3.21. The number of aryl methyl sites for hydroxylation is 1. The fourth-order valence-corrected chi connectivity index (χ4v) is 1.98. The topological polar surface area (TPSA) is 64.5 Å². The molecule has 0 spiro atoms. The van der Waals surface area contributed by atoms with E-state index in [1.165, 1.54) is 14.2 Å². The van der Waals surface area contributed by atoms with E-state index in [2.05, 4.69) is 9.97 Å². The number of rotatable bonds is 5. The maximum Gasteiger partial charge on any atom is 0.343 e. The summed E-state index contributed by atoms with van der Waals surface area (Å²) in [4.78, 5) is 22.3. The molecule has 0 aromatic carbocycles. The summed E-state index contributed by atoms with van der Waals surface area (Å²) in [5, 5.41) is 0. The molecule has 0 bridgehead atoms. The second-order valence-corrected chi connectivity index (χ2v) is 4.90. The third kappa shape index (κ3) is 3.52. The van der Waals surface area contributed by atoms with Gasteiger partial charge >= 0.3 is 5.97 Å². The Bertz CT molecular complexity index is 656. The first kappa shape index (κ1) is 15.8. The molecule has 0 unspecified atom stereocenters. The molecule has 116 valence electrons. The molecule has 0 amide bonds. The van der Waals surface area contributed by atoms with Crippen LogP contribution in [0.2, 0.25) is 0 Å². The van der Waals surface area contributed by atoms with Gasteiger partial charge in [0, 0.05) is 13.2 Å². The molecule has 2 rings (SSSR count). The zero-order chi connectivity index (χ0) is 16.1. The molecule has 6 nitrogen and oxygen atoms in total. The number of nitrogens with zero attached hydrogens (tertiary/aromatic N) is 3. The Hall–Kier alpha value is -2.63. The minimum Gasteiger partial charge on any atom is -0.480 e. The van der Waals surface area contributed by atoms with E-state index in [0.717, 1.165) is 11.3 Å². The Balaban J connectivity index is 2.20. The first-order valence-electron chi connectivity index (χ1n) is 6.81.